The summed E-state index contributed by atoms with van der Waals surface area (Å²) < 4.78 is 0. The topological polar surface area (TPSA) is 15.3 Å². The van der Waals surface area contributed by atoms with Crippen LogP contribution >= 0.6 is 0 Å². The Morgan fingerprint density at radius 1 is 1.21 bits per heavy atom. The normalized spacial score (nSPS) is 28.3. The molecule has 2 atom stereocenters. The van der Waals surface area contributed by atoms with Crippen molar-refractivity contribution in [3.8, 4) is 0 Å². The molecule has 0 saturated heterocycles. The number of nitrogens with zero attached hydrogens (tertiary/aromatic N) is 1. The standard InChI is InChI=1S/C12H26N2/c1-4-9-13-12-8-6-5-7-11(12)10-14(2)3/h11-13H,4-10H2,1-3H3. The predicted molar refractivity (Wildman–Crippen MR) is 62.6 cm³/mol. The van der Waals surface area contributed by atoms with Crippen LogP contribution in [0.1, 0.15) is 39.0 Å². The first-order valence-electron chi connectivity index (χ1n) is 6.12. The molecule has 1 fully saturated rings. The number of hydrogen-bond acceptors (Lipinski definition) is 2. The first kappa shape index (κ1) is 12.0. The summed E-state index contributed by atoms with van der Waals surface area (Å²) in [5, 5.41) is 3.70. The fourth-order valence-corrected chi connectivity index (χ4v) is 2.49. The van der Waals surface area contributed by atoms with Crippen LogP contribution in [0, 0.1) is 5.92 Å². The highest BCUT2D eigenvalue weighted by Gasteiger charge is 2.24. The van der Waals surface area contributed by atoms with Gasteiger partial charge in [-0.1, -0.05) is 19.8 Å². The van der Waals surface area contributed by atoms with E-state index in [0.29, 0.717) is 0 Å². The fourth-order valence-electron chi connectivity index (χ4n) is 2.49. The van der Waals surface area contributed by atoms with Crippen molar-refractivity contribution in [1.82, 2.24) is 10.2 Å². The van der Waals surface area contributed by atoms with Crippen molar-refractivity contribution in [2.24, 2.45) is 5.92 Å². The van der Waals surface area contributed by atoms with Gasteiger partial charge in [-0.3, -0.25) is 0 Å². The summed E-state index contributed by atoms with van der Waals surface area (Å²) in [5.74, 6) is 0.880. The van der Waals surface area contributed by atoms with E-state index < -0.39 is 0 Å². The zero-order chi connectivity index (χ0) is 10.4. The molecule has 0 amide bonds. The zero-order valence-electron chi connectivity index (χ0n) is 10.1. The molecule has 1 saturated carbocycles. The van der Waals surface area contributed by atoms with E-state index in [1.165, 1.54) is 45.2 Å². The molecule has 1 aliphatic carbocycles. The van der Waals surface area contributed by atoms with E-state index >= 15 is 0 Å². The SMILES string of the molecule is CCCNC1CCCCC1CN(C)C. The lowest BCUT2D eigenvalue weighted by molar-refractivity contribution is 0.208. The number of hydrogen-bond donors (Lipinski definition) is 1. The van der Waals surface area contributed by atoms with Crippen molar-refractivity contribution in [2.75, 3.05) is 27.2 Å². The van der Waals surface area contributed by atoms with Crippen molar-refractivity contribution in [3.05, 3.63) is 0 Å². The average Bonchev–Trinajstić information content (AvgIpc) is 2.16. The van der Waals surface area contributed by atoms with Gasteiger partial charge >= 0.3 is 0 Å². The van der Waals surface area contributed by atoms with Gasteiger partial charge in [0.05, 0.1) is 0 Å². The highest BCUT2D eigenvalue weighted by Crippen LogP contribution is 2.24. The molecular formula is C12H26N2. The molecule has 0 radical (unpaired) electrons. The molecule has 0 heterocycles. The molecular weight excluding hydrogens is 172 g/mol. The second-order valence-electron chi connectivity index (χ2n) is 4.87. The quantitative estimate of drug-likeness (QED) is 0.728. The molecule has 2 nitrogen and oxygen atoms in total. The molecule has 14 heavy (non-hydrogen) atoms. The lowest BCUT2D eigenvalue weighted by atomic mass is 9.84. The number of rotatable bonds is 5. The van der Waals surface area contributed by atoms with Gasteiger partial charge in [-0.15, -0.1) is 0 Å². The van der Waals surface area contributed by atoms with E-state index in [1.54, 1.807) is 0 Å². The van der Waals surface area contributed by atoms with Gasteiger partial charge in [-0.25, -0.2) is 0 Å². The molecule has 0 aliphatic heterocycles. The summed E-state index contributed by atoms with van der Waals surface area (Å²) in [6.07, 6.45) is 6.91. The van der Waals surface area contributed by atoms with Crippen LogP contribution in [0.25, 0.3) is 0 Å². The summed E-state index contributed by atoms with van der Waals surface area (Å²) in [6.45, 7) is 4.69. The van der Waals surface area contributed by atoms with Crippen molar-refractivity contribution >= 4 is 0 Å². The smallest absolute Gasteiger partial charge is 0.0107 e. The second kappa shape index (κ2) is 6.41. The molecule has 1 rings (SSSR count). The zero-order valence-corrected chi connectivity index (χ0v) is 10.1. The van der Waals surface area contributed by atoms with Gasteiger partial charge in [0.15, 0.2) is 0 Å². The van der Waals surface area contributed by atoms with Crippen LogP contribution in [0.15, 0.2) is 0 Å². The Kier molecular flexibility index (Phi) is 5.49. The minimum Gasteiger partial charge on any atom is -0.314 e. The van der Waals surface area contributed by atoms with E-state index in [1.807, 2.05) is 0 Å². The van der Waals surface area contributed by atoms with Crippen molar-refractivity contribution in [2.45, 2.75) is 45.1 Å². The lowest BCUT2D eigenvalue weighted by Gasteiger charge is -2.34. The van der Waals surface area contributed by atoms with Crippen molar-refractivity contribution < 1.29 is 0 Å². The van der Waals surface area contributed by atoms with Crippen LogP contribution < -0.4 is 5.32 Å². The van der Waals surface area contributed by atoms with Crippen molar-refractivity contribution in [1.29, 1.82) is 0 Å². The third-order valence-electron chi connectivity index (χ3n) is 3.17. The molecule has 0 spiro atoms. The molecule has 1 N–H and O–H groups in total. The van der Waals surface area contributed by atoms with Crippen LogP contribution in [0.5, 0.6) is 0 Å². The van der Waals surface area contributed by atoms with Crippen LogP contribution in [-0.4, -0.2) is 38.1 Å². The van der Waals surface area contributed by atoms with E-state index in [0.717, 1.165) is 12.0 Å². The molecule has 0 bridgehead atoms. The summed E-state index contributed by atoms with van der Waals surface area (Å²) in [7, 11) is 4.37. The van der Waals surface area contributed by atoms with Gasteiger partial charge in [0.25, 0.3) is 0 Å². The molecule has 1 aliphatic rings. The van der Waals surface area contributed by atoms with E-state index in [9.17, 15) is 0 Å². The Morgan fingerprint density at radius 3 is 2.57 bits per heavy atom. The first-order valence-corrected chi connectivity index (χ1v) is 6.12. The third-order valence-corrected chi connectivity index (χ3v) is 3.17. The van der Waals surface area contributed by atoms with Crippen LogP contribution in [0.3, 0.4) is 0 Å². The molecule has 2 unspecified atom stereocenters. The maximum atomic E-state index is 3.70. The molecule has 84 valence electrons. The Bertz CT molecular complexity index is 145. The Morgan fingerprint density at radius 2 is 1.93 bits per heavy atom. The van der Waals surface area contributed by atoms with Crippen LogP contribution in [-0.2, 0) is 0 Å². The highest BCUT2D eigenvalue weighted by molar-refractivity contribution is 4.82. The average molecular weight is 198 g/mol. The molecule has 0 aromatic heterocycles. The number of nitrogens with one attached hydrogen (secondary N) is 1. The first-order chi connectivity index (χ1) is 6.74. The van der Waals surface area contributed by atoms with Crippen LogP contribution in [0.2, 0.25) is 0 Å². The van der Waals surface area contributed by atoms with E-state index in [4.69, 9.17) is 0 Å². The van der Waals surface area contributed by atoms with Crippen molar-refractivity contribution in [3.63, 3.8) is 0 Å². The van der Waals surface area contributed by atoms with E-state index in [2.05, 4.69) is 31.2 Å². The summed E-state index contributed by atoms with van der Waals surface area (Å²) in [6, 6.07) is 0.783. The van der Waals surface area contributed by atoms with Gasteiger partial charge in [0, 0.05) is 12.6 Å². The van der Waals surface area contributed by atoms with Gasteiger partial charge in [0.1, 0.15) is 0 Å². The highest BCUT2D eigenvalue weighted by atomic mass is 15.1. The minimum atomic E-state index is 0.783. The molecule has 0 aromatic rings. The van der Waals surface area contributed by atoms with Gasteiger partial charge in [0.2, 0.25) is 0 Å². The minimum absolute atomic E-state index is 0.783. The Balaban J connectivity index is 2.33. The summed E-state index contributed by atoms with van der Waals surface area (Å²) in [4.78, 5) is 2.33. The van der Waals surface area contributed by atoms with Gasteiger partial charge in [-0.05, 0) is 45.8 Å². The largest absolute Gasteiger partial charge is 0.314 e. The van der Waals surface area contributed by atoms with Crippen LogP contribution in [0.4, 0.5) is 0 Å². The lowest BCUT2D eigenvalue weighted by Crippen LogP contribution is -2.43. The molecule has 2 heteroatoms. The maximum absolute atomic E-state index is 3.70. The Hall–Kier alpha value is -0.0800. The van der Waals surface area contributed by atoms with E-state index in [-0.39, 0.29) is 0 Å². The Labute approximate surface area is 89.1 Å². The maximum Gasteiger partial charge on any atom is 0.0107 e. The molecule has 0 aromatic carbocycles. The monoisotopic (exact) mass is 198 g/mol. The predicted octanol–water partition coefficient (Wildman–Crippen LogP) is 2.11. The summed E-state index contributed by atoms with van der Waals surface area (Å²) in [5.41, 5.74) is 0. The summed E-state index contributed by atoms with van der Waals surface area (Å²) >= 11 is 0. The third kappa shape index (κ3) is 3.97. The second-order valence-corrected chi connectivity index (χ2v) is 4.87. The fraction of sp³-hybridized carbons (Fsp3) is 1.00. The van der Waals surface area contributed by atoms with Gasteiger partial charge < -0.3 is 10.2 Å². The van der Waals surface area contributed by atoms with Gasteiger partial charge in [-0.2, -0.15) is 0 Å².